The predicted octanol–water partition coefficient (Wildman–Crippen LogP) is 13.5. The van der Waals surface area contributed by atoms with Crippen LogP contribution in [-0.2, 0) is 6.42 Å². The first-order valence-corrected chi connectivity index (χ1v) is 20.2. The second-order valence-electron chi connectivity index (χ2n) is 14.6. The zero-order valence-corrected chi connectivity index (χ0v) is 31.5. The van der Waals surface area contributed by atoms with Crippen LogP contribution in [0.4, 0.5) is 0 Å². The van der Waals surface area contributed by atoms with Gasteiger partial charge >= 0.3 is 0 Å². The maximum Gasteiger partial charge on any atom is 0.164 e. The van der Waals surface area contributed by atoms with Crippen molar-refractivity contribution in [3.05, 3.63) is 180 Å². The quantitative estimate of drug-likeness (QED) is 0.171. The molecule has 0 fully saturated rings. The average Bonchev–Trinajstić information content (AvgIpc) is 3.82. The van der Waals surface area contributed by atoms with Gasteiger partial charge in [0.25, 0.3) is 0 Å². The van der Waals surface area contributed by atoms with Crippen molar-refractivity contribution in [2.45, 2.75) is 25.7 Å². The van der Waals surface area contributed by atoms with E-state index >= 15 is 0 Å². The van der Waals surface area contributed by atoms with E-state index in [1.54, 1.807) is 0 Å². The molecule has 9 aromatic rings. The Morgan fingerprint density at radius 3 is 1.93 bits per heavy atom. The minimum absolute atomic E-state index is 0.641. The van der Waals surface area contributed by atoms with Crippen molar-refractivity contribution < 1.29 is 0 Å². The monoisotopic (exact) mass is 736 g/mol. The van der Waals surface area contributed by atoms with Crippen molar-refractivity contribution in [3.8, 4) is 51.0 Å². The third-order valence-corrected chi connectivity index (χ3v) is 12.5. The lowest BCUT2D eigenvalue weighted by atomic mass is 9.96. The maximum atomic E-state index is 5.14. The number of hydrogen-bond acceptors (Lipinski definition) is 4. The number of aromatic nitrogens is 4. The minimum atomic E-state index is 0.641. The lowest BCUT2D eigenvalue weighted by Gasteiger charge is -2.18. The molecule has 11 rings (SSSR count). The summed E-state index contributed by atoms with van der Waals surface area (Å²) in [5.74, 6) is 1.95. The van der Waals surface area contributed by atoms with Crippen LogP contribution in [0.3, 0.4) is 0 Å². The molecule has 0 bridgehead atoms. The Balaban J connectivity index is 1.16. The normalized spacial score (nSPS) is 13.8. The van der Waals surface area contributed by atoms with E-state index in [1.807, 2.05) is 47.7 Å². The third kappa shape index (κ3) is 5.54. The summed E-state index contributed by atoms with van der Waals surface area (Å²) in [5, 5.41) is 3.81. The summed E-state index contributed by atoms with van der Waals surface area (Å²) in [6, 6.07) is 49.7. The van der Waals surface area contributed by atoms with E-state index in [0.717, 1.165) is 48.1 Å². The molecule has 0 saturated heterocycles. The molecule has 0 radical (unpaired) electrons. The molecule has 0 atom stereocenters. The molecule has 0 amide bonds. The number of hydrogen-bond donors (Lipinski definition) is 0. The molecule has 2 aliphatic rings. The molecular formula is C51H36N4S. The standard InChI is InChI=1S/C51H36N4S/c1-4-15-33(16-5-1)38-29-28-37(51-53-49(34-17-6-2-7-18-34)52-50(54-51)35-19-8-3-9-20-35)32-45(38)55-44-25-12-10-21-40(44)41-30-27-36(31-46(41)55)39-23-14-24-43-42-22-11-13-26-47(42)56-48(39)43/h2-4,6-12,14-25,27-32H,1,5,13,26H2. The Hall–Kier alpha value is -6.69. The van der Waals surface area contributed by atoms with Gasteiger partial charge in [-0.1, -0.05) is 152 Å². The van der Waals surface area contributed by atoms with Crippen LogP contribution >= 0.6 is 11.3 Å². The van der Waals surface area contributed by atoms with Crippen LogP contribution in [0.5, 0.6) is 0 Å². The fraction of sp³-hybridized carbons (Fsp3) is 0.0784. The molecule has 56 heavy (non-hydrogen) atoms. The number of rotatable bonds is 6. The van der Waals surface area contributed by atoms with Crippen molar-refractivity contribution in [1.29, 1.82) is 0 Å². The highest BCUT2D eigenvalue weighted by molar-refractivity contribution is 7.20. The van der Waals surface area contributed by atoms with Gasteiger partial charge in [-0.15, -0.1) is 11.3 Å². The predicted molar refractivity (Wildman–Crippen MR) is 235 cm³/mol. The Morgan fingerprint density at radius 2 is 1.16 bits per heavy atom. The molecule has 0 spiro atoms. The molecule has 2 aliphatic carbocycles. The number of fused-ring (bicyclic) bond motifs is 6. The fourth-order valence-corrected chi connectivity index (χ4v) is 9.79. The van der Waals surface area contributed by atoms with Gasteiger partial charge < -0.3 is 4.57 Å². The summed E-state index contributed by atoms with van der Waals surface area (Å²) >= 11 is 1.96. The van der Waals surface area contributed by atoms with Gasteiger partial charge in [0.1, 0.15) is 0 Å². The Morgan fingerprint density at radius 1 is 0.482 bits per heavy atom. The first-order valence-electron chi connectivity index (χ1n) is 19.4. The van der Waals surface area contributed by atoms with Crippen molar-refractivity contribution >= 4 is 54.9 Å². The van der Waals surface area contributed by atoms with E-state index < -0.39 is 0 Å². The summed E-state index contributed by atoms with van der Waals surface area (Å²) in [5.41, 5.74) is 12.6. The lowest BCUT2D eigenvalue weighted by Crippen LogP contribution is -2.03. The van der Waals surface area contributed by atoms with Crippen LogP contribution in [0.15, 0.2) is 164 Å². The van der Waals surface area contributed by atoms with Gasteiger partial charge in [-0.05, 0) is 66.1 Å². The van der Waals surface area contributed by atoms with Gasteiger partial charge in [-0.25, -0.2) is 15.0 Å². The lowest BCUT2D eigenvalue weighted by molar-refractivity contribution is 1.02. The van der Waals surface area contributed by atoms with E-state index in [4.69, 9.17) is 15.0 Å². The van der Waals surface area contributed by atoms with Crippen LogP contribution in [0.25, 0.3) is 94.5 Å². The van der Waals surface area contributed by atoms with Gasteiger partial charge in [0, 0.05) is 48.0 Å². The summed E-state index contributed by atoms with van der Waals surface area (Å²) in [6.45, 7) is 0. The van der Waals surface area contributed by atoms with Gasteiger partial charge in [0.2, 0.25) is 0 Å². The smallest absolute Gasteiger partial charge is 0.164 e. The zero-order chi connectivity index (χ0) is 37.0. The molecule has 3 aromatic heterocycles. The number of aryl methyl sites for hydroxylation is 1. The van der Waals surface area contributed by atoms with E-state index in [9.17, 15) is 0 Å². The molecule has 6 aromatic carbocycles. The average molecular weight is 737 g/mol. The first kappa shape index (κ1) is 32.7. The number of benzene rings is 6. The van der Waals surface area contributed by atoms with Crippen molar-refractivity contribution in [2.75, 3.05) is 0 Å². The van der Waals surface area contributed by atoms with E-state index in [0.29, 0.717) is 17.5 Å². The molecule has 0 unspecified atom stereocenters. The SMILES string of the molecule is C1=CC(c2ccc(-c3nc(-c4ccccc4)nc(-c4ccccc4)n3)cc2-n2c3ccccc3c3ccc(-c4cccc5c6c(sc45)CCC=C6)cc32)=CCC1. The van der Waals surface area contributed by atoms with Gasteiger partial charge in [0.05, 0.1) is 16.7 Å². The highest BCUT2D eigenvalue weighted by Gasteiger charge is 2.21. The van der Waals surface area contributed by atoms with Crippen LogP contribution in [0.1, 0.15) is 35.3 Å². The van der Waals surface area contributed by atoms with Crippen molar-refractivity contribution in [2.24, 2.45) is 0 Å². The molecular weight excluding hydrogens is 701 g/mol. The molecule has 266 valence electrons. The Bertz CT molecular complexity index is 3020. The highest BCUT2D eigenvalue weighted by atomic mass is 32.1. The minimum Gasteiger partial charge on any atom is -0.309 e. The third-order valence-electron chi connectivity index (χ3n) is 11.1. The molecule has 0 saturated carbocycles. The summed E-state index contributed by atoms with van der Waals surface area (Å²) in [7, 11) is 0. The summed E-state index contributed by atoms with van der Waals surface area (Å²) in [4.78, 5) is 16.7. The molecule has 0 aliphatic heterocycles. The van der Waals surface area contributed by atoms with Crippen LogP contribution in [0.2, 0.25) is 0 Å². The zero-order valence-electron chi connectivity index (χ0n) is 30.7. The van der Waals surface area contributed by atoms with Crippen LogP contribution < -0.4 is 0 Å². The van der Waals surface area contributed by atoms with Crippen molar-refractivity contribution in [1.82, 2.24) is 19.5 Å². The number of nitrogens with zero attached hydrogens (tertiary/aromatic N) is 4. The van der Waals surface area contributed by atoms with Crippen LogP contribution in [0, 0.1) is 0 Å². The molecule has 0 N–H and O–H groups in total. The molecule has 5 heteroatoms. The Kier molecular flexibility index (Phi) is 7.92. The second-order valence-corrected chi connectivity index (χ2v) is 15.7. The van der Waals surface area contributed by atoms with E-state index in [1.165, 1.54) is 64.6 Å². The number of allylic oxidation sites excluding steroid dienone is 5. The van der Waals surface area contributed by atoms with E-state index in [-0.39, 0.29) is 0 Å². The van der Waals surface area contributed by atoms with Crippen LogP contribution in [-0.4, -0.2) is 19.5 Å². The van der Waals surface area contributed by atoms with Gasteiger partial charge in [-0.2, -0.15) is 0 Å². The fourth-order valence-electron chi connectivity index (χ4n) is 8.45. The summed E-state index contributed by atoms with van der Waals surface area (Å²) < 4.78 is 3.83. The van der Waals surface area contributed by atoms with Gasteiger partial charge in [-0.3, -0.25) is 0 Å². The number of para-hydroxylation sites is 1. The van der Waals surface area contributed by atoms with Gasteiger partial charge in [0.15, 0.2) is 17.5 Å². The highest BCUT2D eigenvalue weighted by Crippen LogP contribution is 2.43. The Labute approximate surface area is 329 Å². The van der Waals surface area contributed by atoms with Crippen molar-refractivity contribution in [3.63, 3.8) is 0 Å². The number of thiophene rings is 1. The molecule has 4 nitrogen and oxygen atoms in total. The second kappa shape index (κ2) is 13.6. The summed E-state index contributed by atoms with van der Waals surface area (Å²) in [6.07, 6.45) is 15.9. The largest absolute Gasteiger partial charge is 0.309 e. The first-order chi connectivity index (χ1) is 27.8. The topological polar surface area (TPSA) is 43.6 Å². The van der Waals surface area contributed by atoms with E-state index in [2.05, 4.69) is 138 Å². The maximum absolute atomic E-state index is 5.14. The molecule has 3 heterocycles.